The Balaban J connectivity index is 2.07. The Morgan fingerprint density at radius 2 is 2.43 bits per heavy atom. The van der Waals surface area contributed by atoms with Crippen molar-refractivity contribution < 1.29 is 4.42 Å². The SMILES string of the molecule is [N-]=[N+]=NCCCSCc1ccc(Cl)o1. The fourth-order valence-corrected chi connectivity index (χ4v) is 1.88. The van der Waals surface area contributed by atoms with Gasteiger partial charge >= 0.3 is 0 Å². The lowest BCUT2D eigenvalue weighted by Crippen LogP contribution is -1.84. The predicted molar refractivity (Wildman–Crippen MR) is 58.5 cm³/mol. The molecule has 1 aromatic rings. The molecule has 0 aliphatic heterocycles. The molecule has 0 atom stereocenters. The van der Waals surface area contributed by atoms with Crippen molar-refractivity contribution in [1.29, 1.82) is 0 Å². The highest BCUT2D eigenvalue weighted by molar-refractivity contribution is 7.98. The van der Waals surface area contributed by atoms with E-state index in [0.29, 0.717) is 11.8 Å². The Morgan fingerprint density at radius 1 is 1.57 bits per heavy atom. The molecule has 0 spiro atoms. The summed E-state index contributed by atoms with van der Waals surface area (Å²) < 4.78 is 5.17. The second-order valence-corrected chi connectivity index (χ2v) is 4.04. The summed E-state index contributed by atoms with van der Waals surface area (Å²) in [5.74, 6) is 2.64. The molecule has 1 rings (SSSR count). The lowest BCUT2D eigenvalue weighted by Gasteiger charge is -1.96. The van der Waals surface area contributed by atoms with E-state index in [1.165, 1.54) is 0 Å². The first-order valence-corrected chi connectivity index (χ1v) is 5.69. The normalized spacial score (nSPS) is 9.79. The maximum absolute atomic E-state index is 8.03. The van der Waals surface area contributed by atoms with Crippen LogP contribution in [0.5, 0.6) is 0 Å². The van der Waals surface area contributed by atoms with Gasteiger partial charge in [0.2, 0.25) is 0 Å². The summed E-state index contributed by atoms with van der Waals surface area (Å²) in [6.45, 7) is 0.558. The van der Waals surface area contributed by atoms with Crippen LogP contribution in [0.3, 0.4) is 0 Å². The van der Waals surface area contributed by atoms with Crippen LogP contribution in [-0.4, -0.2) is 12.3 Å². The molecule has 0 saturated carbocycles. The molecule has 0 aliphatic rings. The van der Waals surface area contributed by atoms with Gasteiger partial charge in [0.15, 0.2) is 5.22 Å². The van der Waals surface area contributed by atoms with Crippen molar-refractivity contribution in [3.05, 3.63) is 33.6 Å². The zero-order valence-corrected chi connectivity index (χ0v) is 9.09. The van der Waals surface area contributed by atoms with E-state index in [1.54, 1.807) is 17.8 Å². The average molecular weight is 232 g/mol. The summed E-state index contributed by atoms with van der Waals surface area (Å²) in [6.07, 6.45) is 0.892. The largest absolute Gasteiger partial charge is 0.449 e. The molecule has 0 aromatic carbocycles. The highest BCUT2D eigenvalue weighted by Crippen LogP contribution is 2.18. The molecule has 14 heavy (non-hydrogen) atoms. The van der Waals surface area contributed by atoms with Crippen LogP contribution in [0.1, 0.15) is 12.2 Å². The number of hydrogen-bond donors (Lipinski definition) is 0. The van der Waals surface area contributed by atoms with Gasteiger partial charge in [0.25, 0.3) is 0 Å². The van der Waals surface area contributed by atoms with Crippen molar-refractivity contribution in [3.8, 4) is 0 Å². The highest BCUT2D eigenvalue weighted by Gasteiger charge is 1.98. The van der Waals surface area contributed by atoms with Gasteiger partial charge in [0.05, 0.1) is 5.75 Å². The number of hydrogen-bond acceptors (Lipinski definition) is 3. The fourth-order valence-electron chi connectivity index (χ4n) is 0.884. The minimum Gasteiger partial charge on any atom is -0.449 e. The van der Waals surface area contributed by atoms with Crippen molar-refractivity contribution >= 4 is 23.4 Å². The van der Waals surface area contributed by atoms with Crippen LogP contribution in [0.15, 0.2) is 21.7 Å². The smallest absolute Gasteiger partial charge is 0.193 e. The second kappa shape index (κ2) is 6.65. The molecule has 76 valence electrons. The fraction of sp³-hybridized carbons (Fsp3) is 0.500. The summed E-state index contributed by atoms with van der Waals surface area (Å²) >= 11 is 7.35. The van der Waals surface area contributed by atoms with E-state index >= 15 is 0 Å². The van der Waals surface area contributed by atoms with Crippen molar-refractivity contribution in [1.82, 2.24) is 0 Å². The summed E-state index contributed by atoms with van der Waals surface area (Å²) in [5, 5.41) is 3.87. The van der Waals surface area contributed by atoms with Gasteiger partial charge in [-0.2, -0.15) is 11.8 Å². The molecule has 0 unspecified atom stereocenters. The topological polar surface area (TPSA) is 61.9 Å². The zero-order chi connectivity index (χ0) is 10.2. The number of nitrogens with zero attached hydrogens (tertiary/aromatic N) is 3. The summed E-state index contributed by atoms with van der Waals surface area (Å²) in [5.41, 5.74) is 8.03. The molecule has 6 heteroatoms. The highest BCUT2D eigenvalue weighted by atomic mass is 35.5. The quantitative estimate of drug-likeness (QED) is 0.323. The lowest BCUT2D eigenvalue weighted by molar-refractivity contribution is 0.532. The van der Waals surface area contributed by atoms with Crippen molar-refractivity contribution in [3.63, 3.8) is 0 Å². The van der Waals surface area contributed by atoms with Gasteiger partial charge in [0.1, 0.15) is 5.76 Å². The van der Waals surface area contributed by atoms with Crippen LogP contribution < -0.4 is 0 Å². The molecule has 0 radical (unpaired) electrons. The van der Waals surface area contributed by atoms with Crippen LogP contribution in [0, 0.1) is 0 Å². The van der Waals surface area contributed by atoms with Crippen molar-refractivity contribution in [2.24, 2.45) is 5.11 Å². The molecule has 0 saturated heterocycles. The number of thioether (sulfide) groups is 1. The Hall–Kier alpha value is -0.770. The zero-order valence-electron chi connectivity index (χ0n) is 7.52. The third-order valence-electron chi connectivity index (χ3n) is 1.48. The Morgan fingerprint density at radius 3 is 3.07 bits per heavy atom. The van der Waals surface area contributed by atoms with Crippen molar-refractivity contribution in [2.75, 3.05) is 12.3 Å². The monoisotopic (exact) mass is 231 g/mol. The van der Waals surface area contributed by atoms with Crippen LogP contribution >= 0.6 is 23.4 Å². The third-order valence-corrected chi connectivity index (χ3v) is 2.75. The number of azide groups is 1. The molecule has 0 amide bonds. The van der Waals surface area contributed by atoms with Crippen LogP contribution in [-0.2, 0) is 5.75 Å². The maximum Gasteiger partial charge on any atom is 0.193 e. The van der Waals surface area contributed by atoms with Gasteiger partial charge in [-0.05, 0) is 41.4 Å². The van der Waals surface area contributed by atoms with Gasteiger partial charge in [-0.1, -0.05) is 5.11 Å². The van der Waals surface area contributed by atoms with Gasteiger partial charge in [-0.15, -0.1) is 0 Å². The standard InChI is InChI=1S/C8H10ClN3OS/c9-8-3-2-7(13-8)6-14-5-1-4-11-12-10/h2-3H,1,4-6H2. The summed E-state index contributed by atoms with van der Waals surface area (Å²) in [7, 11) is 0. The summed E-state index contributed by atoms with van der Waals surface area (Å²) in [6, 6.07) is 3.60. The molecule has 1 heterocycles. The first-order chi connectivity index (χ1) is 6.83. The molecule has 4 nitrogen and oxygen atoms in total. The van der Waals surface area contributed by atoms with Gasteiger partial charge in [-0.3, -0.25) is 0 Å². The molecular formula is C8H10ClN3OS. The molecule has 0 fully saturated rings. The minimum atomic E-state index is 0.426. The average Bonchev–Trinajstić information content (AvgIpc) is 2.58. The van der Waals surface area contributed by atoms with E-state index in [4.69, 9.17) is 21.5 Å². The molecular weight excluding hydrogens is 222 g/mol. The van der Waals surface area contributed by atoms with E-state index in [2.05, 4.69) is 10.0 Å². The van der Waals surface area contributed by atoms with Crippen LogP contribution in [0.4, 0.5) is 0 Å². The van der Waals surface area contributed by atoms with E-state index < -0.39 is 0 Å². The van der Waals surface area contributed by atoms with Gasteiger partial charge in [0, 0.05) is 11.5 Å². The Labute approximate surface area is 91.2 Å². The number of halogens is 1. The van der Waals surface area contributed by atoms with Gasteiger partial charge < -0.3 is 4.42 Å². The number of rotatable bonds is 6. The number of furan rings is 1. The van der Waals surface area contributed by atoms with Gasteiger partial charge in [-0.25, -0.2) is 0 Å². The Kier molecular flexibility index (Phi) is 5.37. The van der Waals surface area contributed by atoms with Crippen LogP contribution in [0.2, 0.25) is 5.22 Å². The molecule has 0 bridgehead atoms. The first kappa shape index (κ1) is 11.3. The first-order valence-electron chi connectivity index (χ1n) is 4.16. The summed E-state index contributed by atoms with van der Waals surface area (Å²) in [4.78, 5) is 2.67. The predicted octanol–water partition coefficient (Wildman–Crippen LogP) is 3.87. The third kappa shape index (κ3) is 4.46. The lowest BCUT2D eigenvalue weighted by atomic mass is 10.5. The minimum absolute atomic E-state index is 0.426. The van der Waals surface area contributed by atoms with Crippen molar-refractivity contribution in [2.45, 2.75) is 12.2 Å². The Bertz CT molecular complexity index is 322. The van der Waals surface area contributed by atoms with E-state index in [1.807, 2.05) is 6.07 Å². The van der Waals surface area contributed by atoms with E-state index in [0.717, 1.165) is 23.7 Å². The maximum atomic E-state index is 8.03. The van der Waals surface area contributed by atoms with Crippen LogP contribution in [0.25, 0.3) is 10.4 Å². The van der Waals surface area contributed by atoms with E-state index in [-0.39, 0.29) is 0 Å². The van der Waals surface area contributed by atoms with E-state index in [9.17, 15) is 0 Å². The second-order valence-electron chi connectivity index (χ2n) is 2.57. The molecule has 0 aliphatic carbocycles. The molecule has 0 N–H and O–H groups in total. The molecule has 1 aromatic heterocycles.